The van der Waals surface area contributed by atoms with Gasteiger partial charge in [0, 0.05) is 5.56 Å². The molecule has 3 N–H and O–H groups in total. The van der Waals surface area contributed by atoms with Crippen molar-refractivity contribution in [2.75, 3.05) is 4.90 Å². The number of hydrogen-bond acceptors (Lipinski definition) is 6. The molecule has 8 nitrogen and oxygen atoms in total. The Morgan fingerprint density at radius 3 is 2.45 bits per heavy atom. The Labute approximate surface area is 194 Å². The molecule has 0 fully saturated rings. The molecule has 2 aromatic carbocycles. The molecule has 1 aliphatic heterocycles. The third-order valence-electron chi connectivity index (χ3n) is 4.70. The van der Waals surface area contributed by atoms with Gasteiger partial charge in [-0.25, -0.2) is 23.7 Å². The van der Waals surface area contributed by atoms with Crippen molar-refractivity contribution in [3.8, 4) is 0 Å². The lowest BCUT2D eigenvalue weighted by Crippen LogP contribution is -2.38. The minimum atomic E-state index is -1.24. The second-order valence-corrected chi connectivity index (χ2v) is 8.07. The first-order valence-electron chi connectivity index (χ1n) is 9.16. The summed E-state index contributed by atoms with van der Waals surface area (Å²) in [6, 6.07) is 9.18. The number of rotatable bonds is 4. The molecule has 0 atom stereocenters. The van der Waals surface area contributed by atoms with E-state index >= 15 is 0 Å². The number of anilines is 1. The minimum Gasteiger partial charge on any atom is -0.478 e. The van der Waals surface area contributed by atoms with Crippen LogP contribution in [0.5, 0.6) is 0 Å². The highest BCUT2D eigenvalue weighted by molar-refractivity contribution is 7.11. The summed E-state index contributed by atoms with van der Waals surface area (Å²) in [6.07, 6.45) is 0. The van der Waals surface area contributed by atoms with Crippen LogP contribution in [0.25, 0.3) is 11.3 Å². The number of nitrogens with zero attached hydrogens (tertiary/aromatic N) is 1. The van der Waals surface area contributed by atoms with Crippen LogP contribution in [0, 0.1) is 5.82 Å². The smallest absolute Gasteiger partial charge is 0.343 e. The number of halogens is 2. The number of benzene rings is 2. The van der Waals surface area contributed by atoms with Crippen molar-refractivity contribution in [3.63, 3.8) is 0 Å². The molecule has 1 aliphatic rings. The first-order chi connectivity index (χ1) is 15.7. The van der Waals surface area contributed by atoms with Crippen LogP contribution in [0.15, 0.2) is 53.9 Å². The first kappa shape index (κ1) is 22.2. The fourth-order valence-electron chi connectivity index (χ4n) is 3.26. The molecule has 0 saturated heterocycles. The van der Waals surface area contributed by atoms with Crippen molar-refractivity contribution < 1.29 is 33.4 Å². The van der Waals surface area contributed by atoms with E-state index in [4.69, 9.17) is 27.2 Å². The zero-order valence-electron chi connectivity index (χ0n) is 16.4. The number of carbonyl (C=O) groups is 4. The zero-order valence-corrected chi connectivity index (χ0v) is 17.9. The summed E-state index contributed by atoms with van der Waals surface area (Å²) in [5.41, 5.74) is 4.74. The Balaban J connectivity index is 1.90. The number of urea groups is 1. The van der Waals surface area contributed by atoms with Crippen LogP contribution >= 0.6 is 22.9 Å². The maximum atomic E-state index is 14.3. The van der Waals surface area contributed by atoms with E-state index in [1.807, 2.05) is 0 Å². The lowest BCUT2D eigenvalue weighted by atomic mass is 10.0. The molecule has 0 unspecified atom stereocenters. The third kappa shape index (κ3) is 3.97. The predicted octanol–water partition coefficient (Wildman–Crippen LogP) is 4.39. The van der Waals surface area contributed by atoms with Gasteiger partial charge in [0.25, 0.3) is 5.91 Å². The average Bonchev–Trinajstić information content (AvgIpc) is 3.39. The van der Waals surface area contributed by atoms with E-state index in [9.17, 15) is 23.6 Å². The maximum absolute atomic E-state index is 14.3. The Kier molecular flexibility index (Phi) is 5.71. The summed E-state index contributed by atoms with van der Waals surface area (Å²) in [5, 5.41) is 10.5. The highest BCUT2D eigenvalue weighted by Gasteiger charge is 2.40. The highest BCUT2D eigenvalue weighted by Crippen LogP contribution is 2.44. The van der Waals surface area contributed by atoms with Crippen LogP contribution in [-0.4, -0.2) is 29.0 Å². The van der Waals surface area contributed by atoms with Gasteiger partial charge in [-0.3, -0.25) is 4.79 Å². The summed E-state index contributed by atoms with van der Waals surface area (Å²) in [6.45, 7) is 0. The molecular formula is C22H12ClFN2O6S. The number of nitrogens with two attached hydrogens (primary N) is 1. The van der Waals surface area contributed by atoms with Crippen LogP contribution < -0.4 is 10.6 Å². The number of ether oxygens (including phenoxy) is 1. The number of esters is 1. The molecule has 3 aromatic rings. The first-order valence-corrected chi connectivity index (χ1v) is 10.4. The molecule has 166 valence electrons. The number of hydrogen-bond donors (Lipinski definition) is 2. The van der Waals surface area contributed by atoms with E-state index in [2.05, 4.69) is 0 Å². The van der Waals surface area contributed by atoms with Crippen molar-refractivity contribution in [1.29, 1.82) is 0 Å². The van der Waals surface area contributed by atoms with Crippen LogP contribution in [0.2, 0.25) is 5.02 Å². The molecule has 2 heterocycles. The zero-order chi connectivity index (χ0) is 23.9. The topological polar surface area (TPSA) is 127 Å². The number of imide groups is 1. The summed E-state index contributed by atoms with van der Waals surface area (Å²) in [5.74, 6) is -4.25. The SMILES string of the molecule is NC(=O)N1C(=O)/C(=C(\OC(=O)c2cccc(C(=O)O)c2)c2cccs2)c2cc(F)c(Cl)cc21. The molecule has 33 heavy (non-hydrogen) atoms. The van der Waals surface area contributed by atoms with Gasteiger partial charge in [-0.2, -0.15) is 0 Å². The molecule has 4 rings (SSSR count). The van der Waals surface area contributed by atoms with Gasteiger partial charge in [0.2, 0.25) is 0 Å². The number of carboxylic acid groups (broad SMARTS) is 1. The van der Waals surface area contributed by atoms with Crippen molar-refractivity contribution in [1.82, 2.24) is 0 Å². The predicted molar refractivity (Wildman–Crippen MR) is 118 cm³/mol. The lowest BCUT2D eigenvalue weighted by Gasteiger charge is -2.12. The normalized spacial score (nSPS) is 14.1. The second kappa shape index (κ2) is 8.49. The maximum Gasteiger partial charge on any atom is 0.343 e. The van der Waals surface area contributed by atoms with Gasteiger partial charge in [0.15, 0.2) is 5.76 Å². The van der Waals surface area contributed by atoms with Crippen LogP contribution in [0.4, 0.5) is 14.9 Å². The second-order valence-electron chi connectivity index (χ2n) is 6.72. The van der Waals surface area contributed by atoms with Gasteiger partial charge in [0.1, 0.15) is 5.82 Å². The van der Waals surface area contributed by atoms with E-state index in [1.165, 1.54) is 18.2 Å². The Bertz CT molecular complexity index is 1370. The number of primary amides is 1. The number of fused-ring (bicyclic) bond motifs is 1. The molecule has 0 saturated carbocycles. The van der Waals surface area contributed by atoms with Crippen molar-refractivity contribution in [3.05, 3.63) is 86.3 Å². The van der Waals surface area contributed by atoms with E-state index in [0.717, 1.165) is 29.5 Å². The van der Waals surface area contributed by atoms with Gasteiger partial charge in [0.05, 0.1) is 32.3 Å². The Morgan fingerprint density at radius 2 is 1.82 bits per heavy atom. The van der Waals surface area contributed by atoms with Gasteiger partial charge in [-0.05, 0) is 41.8 Å². The van der Waals surface area contributed by atoms with Crippen molar-refractivity contribution in [2.45, 2.75) is 0 Å². The minimum absolute atomic E-state index is 0.0452. The highest BCUT2D eigenvalue weighted by atomic mass is 35.5. The molecular weight excluding hydrogens is 475 g/mol. The number of amides is 3. The van der Waals surface area contributed by atoms with Crippen molar-refractivity contribution in [2.24, 2.45) is 5.73 Å². The number of carboxylic acids is 1. The molecule has 0 aliphatic carbocycles. The van der Waals surface area contributed by atoms with E-state index in [-0.39, 0.29) is 38.7 Å². The largest absolute Gasteiger partial charge is 0.478 e. The van der Waals surface area contributed by atoms with Crippen LogP contribution in [-0.2, 0) is 9.53 Å². The Hall–Kier alpha value is -4.02. The standard InChI is InChI=1S/C22H12ClFN2O6S/c23-13-9-15-12(8-14(13)24)17(19(27)26(15)22(25)31)18(16-5-2-6-33-16)32-21(30)11-4-1-3-10(7-11)20(28)29/h1-9H,(H2,25,31)(H,28,29)/b18-17-. The number of carbonyl (C=O) groups excluding carboxylic acids is 3. The molecule has 1 aromatic heterocycles. The van der Waals surface area contributed by atoms with Crippen molar-refractivity contribution >= 4 is 63.8 Å². The van der Waals surface area contributed by atoms with Gasteiger partial charge < -0.3 is 15.6 Å². The fourth-order valence-corrected chi connectivity index (χ4v) is 4.13. The van der Waals surface area contributed by atoms with E-state index in [1.54, 1.807) is 17.5 Å². The monoisotopic (exact) mass is 486 g/mol. The van der Waals surface area contributed by atoms with Crippen LogP contribution in [0.1, 0.15) is 31.2 Å². The third-order valence-corrected chi connectivity index (χ3v) is 5.86. The van der Waals surface area contributed by atoms with Gasteiger partial charge >= 0.3 is 18.0 Å². The summed E-state index contributed by atoms with van der Waals surface area (Å²) < 4.78 is 19.8. The van der Waals surface area contributed by atoms with Gasteiger partial charge in [-0.1, -0.05) is 23.7 Å². The summed E-state index contributed by atoms with van der Waals surface area (Å²) in [4.78, 5) is 50.2. The van der Waals surface area contributed by atoms with E-state index in [0.29, 0.717) is 9.78 Å². The van der Waals surface area contributed by atoms with E-state index < -0.39 is 29.7 Å². The summed E-state index contributed by atoms with van der Waals surface area (Å²) >= 11 is 6.95. The number of aromatic carboxylic acids is 1. The van der Waals surface area contributed by atoms with Crippen LogP contribution in [0.3, 0.4) is 0 Å². The summed E-state index contributed by atoms with van der Waals surface area (Å²) in [7, 11) is 0. The Morgan fingerprint density at radius 1 is 1.09 bits per heavy atom. The average molecular weight is 487 g/mol. The lowest BCUT2D eigenvalue weighted by molar-refractivity contribution is -0.112. The number of thiophene rings is 1. The van der Waals surface area contributed by atoms with Gasteiger partial charge in [-0.15, -0.1) is 11.3 Å². The molecule has 0 radical (unpaired) electrons. The molecule has 0 spiro atoms. The molecule has 3 amide bonds. The molecule has 11 heteroatoms. The fraction of sp³-hybridized carbons (Fsp3) is 0. The quantitative estimate of drug-likeness (QED) is 0.320. The molecule has 0 bridgehead atoms.